The number of rotatable bonds is 7. The van der Waals surface area contributed by atoms with Crippen molar-refractivity contribution in [2.75, 3.05) is 15.7 Å². The topological polar surface area (TPSA) is 125 Å². The van der Waals surface area contributed by atoms with Crippen molar-refractivity contribution in [3.8, 4) is 5.75 Å². The molecule has 0 saturated heterocycles. The number of sulfonamides is 1. The molecule has 1 unspecified atom stereocenters. The quantitative estimate of drug-likeness (QED) is 0.295. The third kappa shape index (κ3) is 6.50. The summed E-state index contributed by atoms with van der Waals surface area (Å²) in [6, 6.07) is 7.71. The standard InChI is InChI=1S/C21H17ClF3N3O5S2/c1-11-3-5-14(9-16(11)21(23,24)25)34(31)27-17-7-12(22)10-26-19(17)20(30)15-8-13(4-6-18(15)29)28-35(2,32)33/h3-10,27-29H,1-2H3. The smallest absolute Gasteiger partial charge is 0.416 e. The number of aromatic hydroxyl groups is 1. The Morgan fingerprint density at radius 3 is 2.46 bits per heavy atom. The number of benzene rings is 2. The number of nitrogens with one attached hydrogen (secondary N) is 2. The number of anilines is 2. The molecule has 2 aromatic carbocycles. The second kappa shape index (κ2) is 9.84. The predicted molar refractivity (Wildman–Crippen MR) is 125 cm³/mol. The van der Waals surface area contributed by atoms with Crippen LogP contribution in [0.15, 0.2) is 53.6 Å². The Bertz CT molecular complexity index is 1450. The zero-order valence-electron chi connectivity index (χ0n) is 18.0. The molecule has 0 fully saturated rings. The van der Waals surface area contributed by atoms with Crippen molar-refractivity contribution in [3.05, 3.63) is 76.1 Å². The first-order chi connectivity index (χ1) is 16.2. The highest BCUT2D eigenvalue weighted by Gasteiger charge is 2.33. The normalized spacial score (nSPS) is 12.7. The maximum absolute atomic E-state index is 13.2. The van der Waals surface area contributed by atoms with E-state index in [-0.39, 0.29) is 38.1 Å². The summed E-state index contributed by atoms with van der Waals surface area (Å²) in [6.45, 7) is 1.26. The molecule has 0 aliphatic heterocycles. The van der Waals surface area contributed by atoms with Crippen LogP contribution in [0.1, 0.15) is 27.2 Å². The Labute approximate surface area is 205 Å². The lowest BCUT2D eigenvalue weighted by molar-refractivity contribution is -0.138. The van der Waals surface area contributed by atoms with Crippen LogP contribution in [0.4, 0.5) is 24.5 Å². The molecule has 0 saturated carbocycles. The van der Waals surface area contributed by atoms with Gasteiger partial charge in [0.1, 0.15) is 22.4 Å². The molecular weight excluding hydrogens is 531 g/mol. The molecule has 0 spiro atoms. The highest BCUT2D eigenvalue weighted by molar-refractivity contribution is 7.92. The van der Waals surface area contributed by atoms with Gasteiger partial charge in [-0.25, -0.2) is 17.6 Å². The van der Waals surface area contributed by atoms with Gasteiger partial charge in [0.15, 0.2) is 0 Å². The Kier molecular flexibility index (Phi) is 7.43. The first kappa shape index (κ1) is 26.4. The number of phenols is 1. The molecule has 14 heteroatoms. The third-order valence-electron chi connectivity index (χ3n) is 4.54. The Hall–Kier alpha value is -3.16. The van der Waals surface area contributed by atoms with Crippen molar-refractivity contribution in [2.45, 2.75) is 18.0 Å². The first-order valence-corrected chi connectivity index (χ1v) is 12.9. The van der Waals surface area contributed by atoms with Crippen LogP contribution in [-0.2, 0) is 27.2 Å². The number of ketones is 1. The first-order valence-electron chi connectivity index (χ1n) is 9.53. The van der Waals surface area contributed by atoms with Crippen LogP contribution in [0.5, 0.6) is 5.75 Å². The Morgan fingerprint density at radius 1 is 1.14 bits per heavy atom. The highest BCUT2D eigenvalue weighted by atomic mass is 35.5. The lowest BCUT2D eigenvalue weighted by Gasteiger charge is -2.14. The minimum absolute atomic E-state index is 0.0139. The van der Waals surface area contributed by atoms with E-state index in [2.05, 4.69) is 14.4 Å². The number of hydrogen-bond donors (Lipinski definition) is 3. The Morgan fingerprint density at radius 2 is 1.83 bits per heavy atom. The number of aryl methyl sites for hydroxylation is 1. The third-order valence-corrected chi connectivity index (χ3v) is 6.45. The molecule has 186 valence electrons. The molecule has 0 bridgehead atoms. The Balaban J connectivity index is 2.00. The van der Waals surface area contributed by atoms with Crippen LogP contribution in [0.25, 0.3) is 0 Å². The van der Waals surface area contributed by atoms with Gasteiger partial charge in [-0.1, -0.05) is 17.7 Å². The van der Waals surface area contributed by atoms with Crippen molar-refractivity contribution < 1.29 is 35.7 Å². The molecule has 8 nitrogen and oxygen atoms in total. The van der Waals surface area contributed by atoms with Gasteiger partial charge in [0, 0.05) is 11.9 Å². The summed E-state index contributed by atoms with van der Waals surface area (Å²) in [5, 5.41) is 10.2. The van der Waals surface area contributed by atoms with E-state index in [0.717, 1.165) is 30.7 Å². The van der Waals surface area contributed by atoms with E-state index < -0.39 is 44.3 Å². The molecule has 0 aliphatic carbocycles. The van der Waals surface area contributed by atoms with Gasteiger partial charge in [-0.15, -0.1) is 0 Å². The summed E-state index contributed by atoms with van der Waals surface area (Å²) in [6.07, 6.45) is -2.66. The lowest BCUT2D eigenvalue weighted by atomic mass is 10.0. The van der Waals surface area contributed by atoms with Crippen LogP contribution < -0.4 is 9.44 Å². The SMILES string of the molecule is Cc1ccc(S(=O)Nc2cc(Cl)cnc2C(=O)c2cc(NS(C)(=O)=O)ccc2O)cc1C(F)(F)F. The van der Waals surface area contributed by atoms with Crippen molar-refractivity contribution in [3.63, 3.8) is 0 Å². The summed E-state index contributed by atoms with van der Waals surface area (Å²) >= 11 is 5.94. The molecule has 0 aliphatic rings. The number of aromatic nitrogens is 1. The van der Waals surface area contributed by atoms with Gasteiger partial charge in [-0.05, 0) is 48.9 Å². The fourth-order valence-corrected chi connectivity index (χ4v) is 4.60. The number of alkyl halides is 3. The van der Waals surface area contributed by atoms with Crippen molar-refractivity contribution >= 4 is 49.8 Å². The number of phenolic OH excluding ortho intramolecular Hbond substituents is 1. The van der Waals surface area contributed by atoms with Crippen LogP contribution >= 0.6 is 11.6 Å². The van der Waals surface area contributed by atoms with E-state index in [1.807, 2.05) is 0 Å². The number of halogens is 4. The van der Waals surface area contributed by atoms with E-state index in [9.17, 15) is 35.7 Å². The average molecular weight is 548 g/mol. The maximum Gasteiger partial charge on any atom is 0.416 e. The van der Waals surface area contributed by atoms with E-state index in [1.54, 1.807) is 0 Å². The van der Waals surface area contributed by atoms with E-state index >= 15 is 0 Å². The zero-order chi connectivity index (χ0) is 26.1. The van der Waals surface area contributed by atoms with Crippen molar-refractivity contribution in [2.24, 2.45) is 0 Å². The number of carbonyl (C=O) groups excluding carboxylic acids is 1. The number of hydrogen-bond acceptors (Lipinski definition) is 6. The van der Waals surface area contributed by atoms with Crippen LogP contribution in [-0.4, -0.2) is 34.8 Å². The van der Waals surface area contributed by atoms with Gasteiger partial charge in [-0.3, -0.25) is 14.2 Å². The van der Waals surface area contributed by atoms with Crippen LogP contribution in [0.3, 0.4) is 0 Å². The molecule has 0 radical (unpaired) electrons. The van der Waals surface area contributed by atoms with Gasteiger partial charge in [-0.2, -0.15) is 13.2 Å². The minimum Gasteiger partial charge on any atom is -0.507 e. The molecule has 3 rings (SSSR count). The summed E-state index contributed by atoms with van der Waals surface area (Å²) in [4.78, 5) is 16.8. The fourth-order valence-electron chi connectivity index (χ4n) is 3.00. The minimum atomic E-state index is -4.66. The zero-order valence-corrected chi connectivity index (χ0v) is 20.4. The van der Waals surface area contributed by atoms with Crippen LogP contribution in [0.2, 0.25) is 5.02 Å². The molecule has 3 aromatic rings. The molecule has 35 heavy (non-hydrogen) atoms. The summed E-state index contributed by atoms with van der Waals surface area (Å²) in [5.41, 5.74) is -1.92. The predicted octanol–water partition coefficient (Wildman–Crippen LogP) is 4.51. The second-order valence-corrected chi connectivity index (χ2v) is 10.7. The monoisotopic (exact) mass is 547 g/mol. The van der Waals surface area contributed by atoms with Gasteiger partial charge < -0.3 is 5.11 Å². The molecule has 1 heterocycles. The molecule has 1 aromatic heterocycles. The molecule has 3 N–H and O–H groups in total. The van der Waals surface area contributed by atoms with Gasteiger partial charge in [0.25, 0.3) is 0 Å². The largest absolute Gasteiger partial charge is 0.507 e. The molecule has 1 atom stereocenters. The maximum atomic E-state index is 13.2. The fraction of sp³-hybridized carbons (Fsp3) is 0.143. The molecular formula is C21H17ClF3N3O5S2. The molecule has 0 amide bonds. The summed E-state index contributed by atoms with van der Waals surface area (Å²) < 4.78 is 80.1. The highest BCUT2D eigenvalue weighted by Crippen LogP contribution is 2.34. The lowest BCUT2D eigenvalue weighted by Crippen LogP contribution is -2.14. The van der Waals surface area contributed by atoms with Crippen molar-refractivity contribution in [1.82, 2.24) is 4.98 Å². The van der Waals surface area contributed by atoms with E-state index in [0.29, 0.717) is 0 Å². The summed E-state index contributed by atoms with van der Waals surface area (Å²) in [7, 11) is -5.94. The van der Waals surface area contributed by atoms with Crippen LogP contribution in [0, 0.1) is 6.92 Å². The van der Waals surface area contributed by atoms with Crippen molar-refractivity contribution in [1.29, 1.82) is 0 Å². The van der Waals surface area contributed by atoms with Gasteiger partial charge in [0.2, 0.25) is 15.8 Å². The number of pyridine rings is 1. The van der Waals surface area contributed by atoms with E-state index in [1.165, 1.54) is 31.2 Å². The van der Waals surface area contributed by atoms with Gasteiger partial charge >= 0.3 is 6.18 Å². The average Bonchev–Trinajstić information content (AvgIpc) is 2.73. The van der Waals surface area contributed by atoms with Gasteiger partial charge in [0.05, 0.1) is 33.0 Å². The number of carbonyl (C=O) groups is 1. The second-order valence-electron chi connectivity index (χ2n) is 7.33. The van der Waals surface area contributed by atoms with E-state index in [4.69, 9.17) is 11.6 Å². The number of nitrogens with zero attached hydrogens (tertiary/aromatic N) is 1. The summed E-state index contributed by atoms with van der Waals surface area (Å²) in [5.74, 6) is -1.39.